The number of nitrogens with one attached hydrogen (secondary N) is 6. The zero-order valence-electron chi connectivity index (χ0n) is 54.4. The van der Waals surface area contributed by atoms with E-state index in [9.17, 15) is 33.6 Å². The molecule has 10 N–H and O–H groups in total. The van der Waals surface area contributed by atoms with E-state index in [2.05, 4.69) is 68.0 Å². The molecule has 8 aromatic rings. The third-order valence-corrected chi connectivity index (χ3v) is 20.1. The lowest BCUT2D eigenvalue weighted by molar-refractivity contribution is -0.156. The Morgan fingerprint density at radius 3 is 1.56 bits per heavy atom. The van der Waals surface area contributed by atoms with E-state index in [1.807, 2.05) is 170 Å². The van der Waals surface area contributed by atoms with Gasteiger partial charge in [-0.15, -0.1) is 23.5 Å². The molecule has 0 saturated carbocycles. The number of H-pyrrole nitrogens is 1. The van der Waals surface area contributed by atoms with Gasteiger partial charge in [0, 0.05) is 48.0 Å². The van der Waals surface area contributed by atoms with Crippen molar-refractivity contribution in [2.24, 2.45) is 11.5 Å². The molecule has 0 aliphatic carbocycles. The van der Waals surface area contributed by atoms with Gasteiger partial charge in [0.25, 0.3) is 0 Å². The lowest BCUT2D eigenvalue weighted by atomic mass is 9.84. The highest BCUT2D eigenvalue weighted by Gasteiger charge is 2.43. The van der Waals surface area contributed by atoms with Crippen LogP contribution >= 0.6 is 23.5 Å². The maximum Gasteiger partial charge on any atom is 0.308 e. The molecule has 96 heavy (non-hydrogen) atoms. The number of ether oxygens (including phenoxy) is 1. The van der Waals surface area contributed by atoms with Gasteiger partial charge >= 0.3 is 5.97 Å². The molecule has 1 saturated heterocycles. The number of carbonyl (C=O) groups excluding carboxylic acids is 8. The first kappa shape index (κ1) is 70.8. The van der Waals surface area contributed by atoms with Crippen LogP contribution in [0.25, 0.3) is 10.9 Å². The maximum absolute atomic E-state index is 15.3. The highest BCUT2D eigenvalue weighted by molar-refractivity contribution is 8.01. The first-order valence-corrected chi connectivity index (χ1v) is 34.5. The fourth-order valence-corrected chi connectivity index (χ4v) is 15.4. The van der Waals surface area contributed by atoms with E-state index < -0.39 is 99.7 Å². The summed E-state index contributed by atoms with van der Waals surface area (Å²) in [6.07, 6.45) is 2.91. The summed E-state index contributed by atoms with van der Waals surface area (Å²) in [5.41, 5.74) is 18.3. The van der Waals surface area contributed by atoms with Crippen LogP contribution in [0.1, 0.15) is 105 Å². The van der Waals surface area contributed by atoms with E-state index in [1.165, 1.54) is 16.7 Å². The maximum atomic E-state index is 15.3. The number of nitrogens with two attached hydrogens (primary N) is 2. The molecule has 1 aromatic heterocycles. The number of unbranched alkanes of at least 4 members (excludes halogenated alkanes) is 1. The number of hydrogen-bond acceptors (Lipinski definition) is 12. The third kappa shape index (κ3) is 18.1. The lowest BCUT2D eigenvalue weighted by Crippen LogP contribution is -2.59. The summed E-state index contributed by atoms with van der Waals surface area (Å²) < 4.78 is 4.11. The Labute approximate surface area is 569 Å². The molecular formula is C76H85N9O9S2. The van der Waals surface area contributed by atoms with Crippen LogP contribution in [0.3, 0.4) is 0 Å². The van der Waals surface area contributed by atoms with Gasteiger partial charge in [-0.05, 0) is 104 Å². The second kappa shape index (κ2) is 33.7. The quantitative estimate of drug-likeness (QED) is 0.0111. The smallest absolute Gasteiger partial charge is 0.308 e. The summed E-state index contributed by atoms with van der Waals surface area (Å²) in [6.45, 7) is 4.76. The number of esters is 1. The highest BCUT2D eigenvalue weighted by Crippen LogP contribution is 2.50. The van der Waals surface area contributed by atoms with Crippen LogP contribution < -0.4 is 38.1 Å². The summed E-state index contributed by atoms with van der Waals surface area (Å²) in [4.78, 5) is 119. The fourth-order valence-electron chi connectivity index (χ4n) is 12.3. The van der Waals surface area contributed by atoms with E-state index in [0.29, 0.717) is 37.1 Å². The van der Waals surface area contributed by atoms with Crippen molar-refractivity contribution in [1.29, 1.82) is 0 Å². The van der Waals surface area contributed by atoms with Gasteiger partial charge in [0.1, 0.15) is 35.8 Å². The molecule has 1 aliphatic heterocycles. The van der Waals surface area contributed by atoms with E-state index in [1.54, 1.807) is 38.7 Å². The number of rotatable bonds is 32. The first-order valence-electron chi connectivity index (χ1n) is 32.5. The number of nitrogens with zero attached hydrogens (tertiary/aromatic N) is 1. The number of aromatic nitrogens is 1. The topological polar surface area (TPSA) is 277 Å². The van der Waals surface area contributed by atoms with E-state index in [0.717, 1.165) is 44.3 Å². The predicted octanol–water partition coefficient (Wildman–Crippen LogP) is 8.94. The summed E-state index contributed by atoms with van der Waals surface area (Å²) in [5.74, 6) is -5.28. The van der Waals surface area contributed by atoms with E-state index >= 15 is 4.79 Å². The molecule has 500 valence electrons. The minimum Gasteiger partial charge on any atom is -0.460 e. The van der Waals surface area contributed by atoms with Crippen molar-refractivity contribution in [2.75, 3.05) is 31.1 Å². The van der Waals surface area contributed by atoms with Crippen LogP contribution in [0.5, 0.6) is 0 Å². The molecule has 5 atom stereocenters. The lowest BCUT2D eigenvalue weighted by Gasteiger charge is -2.36. The van der Waals surface area contributed by atoms with Gasteiger partial charge in [0.2, 0.25) is 41.4 Å². The minimum atomic E-state index is -1.64. The number of amides is 7. The Balaban J connectivity index is 0.904. The molecule has 0 spiro atoms. The van der Waals surface area contributed by atoms with Crippen molar-refractivity contribution in [3.63, 3.8) is 0 Å². The first-order chi connectivity index (χ1) is 46.4. The number of fused-ring (bicyclic) bond motifs is 1. The van der Waals surface area contributed by atoms with Crippen molar-refractivity contribution in [2.45, 2.75) is 117 Å². The molecule has 7 aromatic carbocycles. The van der Waals surface area contributed by atoms with Gasteiger partial charge in [-0.3, -0.25) is 38.4 Å². The van der Waals surface area contributed by atoms with Gasteiger partial charge in [-0.1, -0.05) is 200 Å². The molecule has 7 amide bonds. The molecule has 0 bridgehead atoms. The molecule has 1 aliphatic rings. The second-order valence-electron chi connectivity index (χ2n) is 24.8. The van der Waals surface area contributed by atoms with Crippen LogP contribution in [0.15, 0.2) is 212 Å². The zero-order valence-corrected chi connectivity index (χ0v) is 56.0. The van der Waals surface area contributed by atoms with Crippen LogP contribution in [0, 0.1) is 0 Å². The number of para-hydroxylation sites is 1. The number of likely N-dealkylation sites (tertiary alicyclic amines) is 1. The van der Waals surface area contributed by atoms with Gasteiger partial charge in [-0.2, -0.15) is 0 Å². The normalized spacial score (nSPS) is 14.5. The number of thioether (sulfide) groups is 2. The minimum absolute atomic E-state index is 0.0432. The van der Waals surface area contributed by atoms with Gasteiger partial charge in [0.15, 0.2) is 0 Å². The predicted molar refractivity (Wildman–Crippen MR) is 378 cm³/mol. The molecule has 0 radical (unpaired) electrons. The largest absolute Gasteiger partial charge is 0.460 e. The number of primary amides is 1. The van der Waals surface area contributed by atoms with Crippen LogP contribution in [-0.4, -0.2) is 124 Å². The SMILES string of the molecule is CC(C)(C)OC(=O)CC(NC(=O)CNC(=O)C(CCCCN)NC(=O)CCSC(c1ccccc1)(c1ccccc1)c1ccccc1)C(=O)NC(Cc1c[nH]c2ccccc12)C(=O)N1CCCC1C(=O)NC(CSC(c1ccccc1)(c1ccccc1)c1ccccc1)C(N)=O. The Bertz CT molecular complexity index is 3710. The average Bonchev–Trinajstić information content (AvgIpc) is 0.840. The van der Waals surface area contributed by atoms with Gasteiger partial charge in [-0.25, -0.2) is 0 Å². The molecule has 5 unspecified atom stereocenters. The monoisotopic (exact) mass is 1330 g/mol. The average molecular weight is 1330 g/mol. The van der Waals surface area contributed by atoms with Crippen LogP contribution in [-0.2, 0) is 59.0 Å². The van der Waals surface area contributed by atoms with Crippen LogP contribution in [0.2, 0.25) is 0 Å². The van der Waals surface area contributed by atoms with Gasteiger partial charge < -0.3 is 52.7 Å². The summed E-state index contributed by atoms with van der Waals surface area (Å²) in [6, 6.07) is 61.0. The van der Waals surface area contributed by atoms with Crippen molar-refractivity contribution in [1.82, 2.24) is 36.5 Å². The molecule has 20 heteroatoms. The standard InChI is InChI=1S/C76H85N9O9S2/c1-74(2,3)94-68(88)48-62(82-67(87)50-80-70(90)61(41-24-25-44-77)81-66(86)43-46-95-75(53-27-10-4-11-28-53,54-29-12-5-13-30-54)55-31-14-6-15-32-55)71(91)83-63(47-52-49-79-60-40-23-22-39-59(52)60)73(93)85-45-26-42-65(85)72(92)84-64(69(78)89)51-96-76(56-33-16-7-17-34-56,57-35-18-8-19-36-57)58-37-20-9-21-38-58/h4-23,27-40,49,61-65,79H,24-26,41-48,50-51,77H2,1-3H3,(H2,78,89)(H,80,90)(H,81,86)(H,82,87)(H,83,91)(H,84,92). The molecule has 9 rings (SSSR count). The molecular weight excluding hydrogens is 1250 g/mol. The van der Waals surface area contributed by atoms with E-state index in [-0.39, 0.29) is 43.9 Å². The summed E-state index contributed by atoms with van der Waals surface area (Å²) >= 11 is 3.06. The molecule has 18 nitrogen and oxygen atoms in total. The number of aromatic amines is 1. The van der Waals surface area contributed by atoms with Crippen molar-refractivity contribution in [3.05, 3.63) is 251 Å². The molecule has 2 heterocycles. The Morgan fingerprint density at radius 1 is 0.573 bits per heavy atom. The van der Waals surface area contributed by atoms with Gasteiger partial charge in [0.05, 0.1) is 22.5 Å². The van der Waals surface area contributed by atoms with Crippen molar-refractivity contribution >= 4 is 81.7 Å². The summed E-state index contributed by atoms with van der Waals surface area (Å²) in [7, 11) is 0. The van der Waals surface area contributed by atoms with Crippen molar-refractivity contribution < 1.29 is 43.1 Å². The fraction of sp³-hybridized carbons (Fsp3) is 0.316. The molecule has 1 fully saturated rings. The van der Waals surface area contributed by atoms with E-state index in [4.69, 9.17) is 16.2 Å². The highest BCUT2D eigenvalue weighted by atomic mass is 32.2. The Hall–Kier alpha value is -9.50. The third-order valence-electron chi connectivity index (χ3n) is 16.9. The summed E-state index contributed by atoms with van der Waals surface area (Å²) in [5, 5.41) is 14.6. The Morgan fingerprint density at radius 2 is 1.06 bits per heavy atom. The zero-order chi connectivity index (χ0) is 68.1. The van der Waals surface area contributed by atoms with Crippen molar-refractivity contribution in [3.8, 4) is 0 Å². The van der Waals surface area contributed by atoms with Crippen LogP contribution in [0.4, 0.5) is 0 Å². The Kier molecular flexibility index (Phi) is 24.9. The number of hydrogen-bond donors (Lipinski definition) is 8. The number of benzene rings is 7. The second-order valence-corrected chi connectivity index (χ2v) is 27.3. The number of carbonyl (C=O) groups is 8.